The minimum absolute atomic E-state index is 0.776. The highest BCUT2D eigenvalue weighted by Gasteiger charge is 2.15. The van der Waals surface area contributed by atoms with Gasteiger partial charge in [-0.3, -0.25) is 0 Å². The summed E-state index contributed by atoms with van der Waals surface area (Å²) in [5.41, 5.74) is 12.5. The minimum Gasteiger partial charge on any atom is -0.456 e. The van der Waals surface area contributed by atoms with Crippen molar-refractivity contribution in [3.8, 4) is 22.4 Å². The molecule has 3 N–H and O–H groups in total. The third-order valence-corrected chi connectivity index (χ3v) is 6.48. The summed E-state index contributed by atoms with van der Waals surface area (Å²) in [5, 5.41) is 0. The summed E-state index contributed by atoms with van der Waals surface area (Å²) < 4.78 is 6.58. The second-order valence-corrected chi connectivity index (χ2v) is 8.88. The number of hydrogen-bond donors (Lipinski definition) is 3. The molecule has 0 unspecified atom stereocenters. The van der Waals surface area contributed by atoms with Gasteiger partial charge in [-0.15, -0.1) is 0 Å². The first-order valence-corrected chi connectivity index (χ1v) is 11.6. The zero-order valence-electron chi connectivity index (χ0n) is 19.1. The molecule has 0 saturated heterocycles. The summed E-state index contributed by atoms with van der Waals surface area (Å²) in [6, 6.07) is 27.0. The van der Waals surface area contributed by atoms with Crippen LogP contribution in [0.2, 0.25) is 0 Å². The Morgan fingerprint density at radius 2 is 1.40 bits per heavy atom. The average molecular weight is 455 g/mol. The topological polar surface area (TPSA) is 73.4 Å². The molecule has 1 aliphatic rings. The molecule has 0 atom stereocenters. The lowest BCUT2D eigenvalue weighted by Crippen LogP contribution is -1.85. The van der Waals surface area contributed by atoms with E-state index < -0.39 is 0 Å². The van der Waals surface area contributed by atoms with E-state index in [9.17, 15) is 0 Å². The van der Waals surface area contributed by atoms with E-state index in [1.165, 1.54) is 5.56 Å². The molecule has 0 spiro atoms. The van der Waals surface area contributed by atoms with Crippen LogP contribution in [-0.4, -0.2) is 19.9 Å². The molecule has 0 amide bonds. The SMILES string of the molecule is Cc1ccc(-c2c3nc(c4ccc(cc5ccc([nH]5)c(-c5ccc[nH]5)c5ccc2o5)[nH]4)C=C3)cc1. The van der Waals surface area contributed by atoms with Crippen molar-refractivity contribution < 1.29 is 4.42 Å². The molecular formula is C30H22N4O. The van der Waals surface area contributed by atoms with E-state index in [1.54, 1.807) is 0 Å². The van der Waals surface area contributed by atoms with Gasteiger partial charge < -0.3 is 19.4 Å². The van der Waals surface area contributed by atoms with Crippen LogP contribution < -0.4 is 0 Å². The lowest BCUT2D eigenvalue weighted by atomic mass is 10.0. The maximum absolute atomic E-state index is 6.58. The number of furan rings is 1. The lowest BCUT2D eigenvalue weighted by Gasteiger charge is -2.04. The molecule has 1 aliphatic heterocycles. The van der Waals surface area contributed by atoms with Crippen molar-refractivity contribution in [3.05, 3.63) is 102 Å². The summed E-state index contributed by atoms with van der Waals surface area (Å²) in [7, 11) is 0. The highest BCUT2D eigenvalue weighted by molar-refractivity contribution is 5.95. The summed E-state index contributed by atoms with van der Waals surface area (Å²) in [5.74, 6) is 0. The first kappa shape index (κ1) is 19.7. The third-order valence-electron chi connectivity index (χ3n) is 6.48. The van der Waals surface area contributed by atoms with Crippen LogP contribution in [0.5, 0.6) is 0 Å². The van der Waals surface area contributed by atoms with Gasteiger partial charge in [0.2, 0.25) is 0 Å². The predicted octanol–water partition coefficient (Wildman–Crippen LogP) is 7.93. The first-order chi connectivity index (χ1) is 17.2. The van der Waals surface area contributed by atoms with Crippen molar-refractivity contribution in [2.24, 2.45) is 0 Å². The molecule has 7 rings (SSSR count). The Morgan fingerprint density at radius 1 is 0.686 bits per heavy atom. The van der Waals surface area contributed by atoms with Crippen LogP contribution in [0.15, 0.2) is 89.5 Å². The third kappa shape index (κ3) is 3.37. The molecule has 0 saturated carbocycles. The number of aryl methyl sites for hydroxylation is 1. The summed E-state index contributed by atoms with van der Waals surface area (Å²) in [6.07, 6.45) is 6.05. The van der Waals surface area contributed by atoms with Crippen LogP contribution in [0.4, 0.5) is 0 Å². The van der Waals surface area contributed by atoms with E-state index in [0.29, 0.717) is 0 Å². The number of nitrogens with one attached hydrogen (secondary N) is 3. The molecule has 5 heteroatoms. The highest BCUT2D eigenvalue weighted by Crippen LogP contribution is 2.35. The molecule has 6 heterocycles. The standard InChI is InChI=1S/C30H22N4O/c1-18-4-6-19(7-5-18)29-25-13-12-23(34-25)22-10-8-20(32-22)17-21-9-11-26(33-21)30(24-3-2-16-31-24)28-15-14-27(29)35-28/h2-17,31-33H,1H3. The molecule has 0 aliphatic carbocycles. The number of aromatic amines is 3. The zero-order chi connectivity index (χ0) is 23.4. The molecule has 5 nitrogen and oxygen atoms in total. The highest BCUT2D eigenvalue weighted by atomic mass is 16.3. The number of rotatable bonds is 2. The van der Waals surface area contributed by atoms with Crippen LogP contribution in [0.3, 0.4) is 0 Å². The maximum Gasteiger partial charge on any atom is 0.139 e. The number of benzene rings is 1. The van der Waals surface area contributed by atoms with E-state index in [2.05, 4.69) is 94.7 Å². The second-order valence-electron chi connectivity index (χ2n) is 8.88. The number of nitrogens with zero attached hydrogens (tertiary/aromatic N) is 1. The van der Waals surface area contributed by atoms with Crippen molar-refractivity contribution >= 4 is 45.4 Å². The van der Waals surface area contributed by atoms with Gasteiger partial charge in [-0.1, -0.05) is 29.8 Å². The van der Waals surface area contributed by atoms with Crippen molar-refractivity contribution in [1.29, 1.82) is 0 Å². The van der Waals surface area contributed by atoms with Gasteiger partial charge in [0.1, 0.15) is 11.2 Å². The minimum atomic E-state index is 0.776. The molecule has 1 aromatic carbocycles. The van der Waals surface area contributed by atoms with E-state index in [0.717, 1.165) is 67.0 Å². The van der Waals surface area contributed by atoms with Gasteiger partial charge in [0.25, 0.3) is 0 Å². The largest absolute Gasteiger partial charge is 0.456 e. The molecule has 8 bridgehead atoms. The predicted molar refractivity (Wildman–Crippen MR) is 143 cm³/mol. The number of aromatic nitrogens is 4. The smallest absolute Gasteiger partial charge is 0.139 e. The Kier molecular flexibility index (Phi) is 4.29. The van der Waals surface area contributed by atoms with Crippen LogP contribution in [0.1, 0.15) is 17.0 Å². The Hall–Kier alpha value is -4.77. The molecular weight excluding hydrogens is 432 g/mol. The summed E-state index contributed by atoms with van der Waals surface area (Å²) >= 11 is 0. The van der Waals surface area contributed by atoms with Crippen molar-refractivity contribution in [1.82, 2.24) is 19.9 Å². The van der Waals surface area contributed by atoms with E-state index in [-0.39, 0.29) is 0 Å². The molecule has 0 fully saturated rings. The number of fused-ring (bicyclic) bond motifs is 9. The fourth-order valence-electron chi connectivity index (χ4n) is 4.75. The molecule has 6 aromatic rings. The normalized spacial score (nSPS) is 12.0. The van der Waals surface area contributed by atoms with Gasteiger partial charge >= 0.3 is 0 Å². The van der Waals surface area contributed by atoms with E-state index >= 15 is 0 Å². The van der Waals surface area contributed by atoms with Gasteiger partial charge in [0.05, 0.1) is 39.2 Å². The Bertz CT molecular complexity index is 1840. The van der Waals surface area contributed by atoms with Crippen LogP contribution in [-0.2, 0) is 0 Å². The van der Waals surface area contributed by atoms with Crippen molar-refractivity contribution in [3.63, 3.8) is 0 Å². The summed E-state index contributed by atoms with van der Waals surface area (Å²) in [4.78, 5) is 15.4. The average Bonchev–Trinajstić information content (AvgIpc) is 3.68. The zero-order valence-corrected chi connectivity index (χ0v) is 19.1. The van der Waals surface area contributed by atoms with Crippen LogP contribution >= 0.6 is 0 Å². The molecule has 35 heavy (non-hydrogen) atoms. The van der Waals surface area contributed by atoms with Gasteiger partial charge in [-0.05, 0) is 79.2 Å². The van der Waals surface area contributed by atoms with Gasteiger partial charge in [-0.2, -0.15) is 0 Å². The number of hydrogen-bond acceptors (Lipinski definition) is 2. The maximum atomic E-state index is 6.58. The fraction of sp³-hybridized carbons (Fsp3) is 0.0333. The summed E-state index contributed by atoms with van der Waals surface area (Å²) in [6.45, 7) is 2.09. The molecule has 168 valence electrons. The van der Waals surface area contributed by atoms with Crippen molar-refractivity contribution in [2.45, 2.75) is 6.92 Å². The van der Waals surface area contributed by atoms with Gasteiger partial charge in [0.15, 0.2) is 0 Å². The fourth-order valence-corrected chi connectivity index (χ4v) is 4.75. The van der Waals surface area contributed by atoms with Gasteiger partial charge in [0, 0.05) is 17.2 Å². The monoisotopic (exact) mass is 454 g/mol. The second kappa shape index (κ2) is 7.64. The molecule has 5 aromatic heterocycles. The van der Waals surface area contributed by atoms with Crippen molar-refractivity contribution in [2.75, 3.05) is 0 Å². The number of H-pyrrole nitrogens is 3. The Balaban J connectivity index is 1.66. The van der Waals surface area contributed by atoms with Gasteiger partial charge in [-0.25, -0.2) is 4.98 Å². The Labute approximate surface area is 201 Å². The quantitative estimate of drug-likeness (QED) is 0.248. The van der Waals surface area contributed by atoms with E-state index in [4.69, 9.17) is 9.40 Å². The van der Waals surface area contributed by atoms with Crippen LogP contribution in [0.25, 0.3) is 67.8 Å². The van der Waals surface area contributed by atoms with E-state index in [1.807, 2.05) is 24.4 Å². The lowest BCUT2D eigenvalue weighted by molar-refractivity contribution is 0.668. The van der Waals surface area contributed by atoms with Crippen LogP contribution in [0, 0.1) is 6.92 Å². The Morgan fingerprint density at radius 3 is 2.17 bits per heavy atom. The molecule has 0 radical (unpaired) electrons. The first-order valence-electron chi connectivity index (χ1n) is 11.6.